The van der Waals surface area contributed by atoms with Crippen molar-refractivity contribution in [3.05, 3.63) is 83.2 Å². The van der Waals surface area contributed by atoms with E-state index in [0.717, 1.165) is 16.9 Å². The van der Waals surface area contributed by atoms with Gasteiger partial charge in [-0.05, 0) is 42.0 Å². The summed E-state index contributed by atoms with van der Waals surface area (Å²) < 4.78 is 2.06. The first-order valence-electron chi connectivity index (χ1n) is 7.44. The molecule has 1 aromatic heterocycles. The summed E-state index contributed by atoms with van der Waals surface area (Å²) >= 11 is 0. The zero-order valence-electron chi connectivity index (χ0n) is 12.4. The van der Waals surface area contributed by atoms with E-state index in [4.69, 9.17) is 5.73 Å². The maximum Gasteiger partial charge on any atom is 0.195 e. The molecule has 4 heteroatoms. The Morgan fingerprint density at radius 3 is 2.65 bits per heavy atom. The number of fused-ring (bicyclic) bond motifs is 2. The van der Waals surface area contributed by atoms with Crippen LogP contribution in [-0.4, -0.2) is 16.6 Å². The van der Waals surface area contributed by atoms with E-state index in [1.165, 1.54) is 0 Å². The summed E-state index contributed by atoms with van der Waals surface area (Å²) in [6.45, 7) is 0.709. The first kappa shape index (κ1) is 13.5. The molecule has 0 bridgehead atoms. The topological polar surface area (TPSA) is 60.4 Å². The maximum atomic E-state index is 12.8. The molecule has 1 aliphatic rings. The van der Waals surface area contributed by atoms with Crippen molar-refractivity contribution in [2.75, 3.05) is 5.73 Å². The fourth-order valence-corrected chi connectivity index (χ4v) is 2.83. The van der Waals surface area contributed by atoms with Crippen molar-refractivity contribution in [1.29, 1.82) is 0 Å². The SMILES string of the molecule is Nc1ccc(C(=O)c2ccn3c2C=Nc2ccccc2C3)cc1. The molecule has 23 heavy (non-hydrogen) atoms. The molecular weight excluding hydrogens is 286 g/mol. The second-order valence-corrected chi connectivity index (χ2v) is 5.58. The van der Waals surface area contributed by atoms with Gasteiger partial charge in [0.1, 0.15) is 0 Å². The van der Waals surface area contributed by atoms with Crippen LogP contribution in [-0.2, 0) is 6.54 Å². The van der Waals surface area contributed by atoms with Gasteiger partial charge in [-0.1, -0.05) is 18.2 Å². The van der Waals surface area contributed by atoms with Crippen molar-refractivity contribution in [3.63, 3.8) is 0 Å². The highest BCUT2D eigenvalue weighted by molar-refractivity contribution is 6.13. The van der Waals surface area contributed by atoms with Crippen LogP contribution in [0, 0.1) is 0 Å². The maximum absolute atomic E-state index is 12.8. The molecule has 0 saturated carbocycles. The van der Waals surface area contributed by atoms with Gasteiger partial charge in [-0.15, -0.1) is 0 Å². The number of nitrogens with zero attached hydrogens (tertiary/aromatic N) is 2. The largest absolute Gasteiger partial charge is 0.399 e. The number of carbonyl (C=O) groups is 1. The lowest BCUT2D eigenvalue weighted by molar-refractivity contribution is 0.103. The van der Waals surface area contributed by atoms with Crippen LogP contribution in [0.3, 0.4) is 0 Å². The van der Waals surface area contributed by atoms with E-state index < -0.39 is 0 Å². The first-order chi connectivity index (χ1) is 11.2. The predicted molar refractivity (Wildman–Crippen MR) is 91.5 cm³/mol. The highest BCUT2D eigenvalue weighted by Gasteiger charge is 2.18. The normalized spacial score (nSPS) is 12.3. The molecule has 1 aliphatic heterocycles. The van der Waals surface area contributed by atoms with Crippen LogP contribution in [0.25, 0.3) is 0 Å². The van der Waals surface area contributed by atoms with Crippen molar-refractivity contribution in [2.24, 2.45) is 4.99 Å². The predicted octanol–water partition coefficient (Wildman–Crippen LogP) is 3.41. The minimum Gasteiger partial charge on any atom is -0.399 e. The Hall–Kier alpha value is -3.14. The molecule has 3 aromatic rings. The summed E-state index contributed by atoms with van der Waals surface area (Å²) in [6.07, 6.45) is 3.71. The standard InChI is InChI=1S/C19H15N3O/c20-15-7-5-13(6-8-15)19(23)16-9-10-22-12-14-3-1-2-4-17(14)21-11-18(16)22/h1-11H,12,20H2. The van der Waals surface area contributed by atoms with Gasteiger partial charge in [-0.2, -0.15) is 0 Å². The van der Waals surface area contributed by atoms with Crippen LogP contribution in [0.4, 0.5) is 11.4 Å². The number of anilines is 1. The molecular formula is C19H15N3O. The molecule has 112 valence electrons. The Morgan fingerprint density at radius 1 is 1.04 bits per heavy atom. The van der Waals surface area contributed by atoms with Gasteiger partial charge in [-0.25, -0.2) is 0 Å². The van der Waals surface area contributed by atoms with E-state index in [-0.39, 0.29) is 5.78 Å². The van der Waals surface area contributed by atoms with Gasteiger partial charge in [0.2, 0.25) is 0 Å². The summed E-state index contributed by atoms with van der Waals surface area (Å²) in [5.41, 5.74) is 10.5. The van der Waals surface area contributed by atoms with Gasteiger partial charge in [0, 0.05) is 29.6 Å². The number of hydrogen-bond acceptors (Lipinski definition) is 3. The Labute approximate surface area is 133 Å². The smallest absolute Gasteiger partial charge is 0.195 e. The zero-order valence-corrected chi connectivity index (χ0v) is 12.4. The molecule has 2 heterocycles. The lowest BCUT2D eigenvalue weighted by Crippen LogP contribution is -2.07. The fourth-order valence-electron chi connectivity index (χ4n) is 2.83. The number of aromatic nitrogens is 1. The third-order valence-corrected chi connectivity index (χ3v) is 4.08. The molecule has 0 fully saturated rings. The summed E-state index contributed by atoms with van der Waals surface area (Å²) in [5.74, 6) is -0.0174. The number of para-hydroxylation sites is 1. The second-order valence-electron chi connectivity index (χ2n) is 5.58. The van der Waals surface area contributed by atoms with Gasteiger partial charge in [0.25, 0.3) is 0 Å². The fraction of sp³-hybridized carbons (Fsp3) is 0.0526. The molecule has 0 amide bonds. The number of ketones is 1. The molecule has 4 nitrogen and oxygen atoms in total. The van der Waals surface area contributed by atoms with Crippen LogP contribution in [0.1, 0.15) is 27.2 Å². The lowest BCUT2D eigenvalue weighted by atomic mass is 10.0. The quantitative estimate of drug-likeness (QED) is 0.455. The zero-order chi connectivity index (χ0) is 15.8. The number of nitrogens with two attached hydrogens (primary N) is 1. The van der Waals surface area contributed by atoms with Gasteiger partial charge in [-0.3, -0.25) is 9.79 Å². The van der Waals surface area contributed by atoms with E-state index in [1.54, 1.807) is 30.5 Å². The van der Waals surface area contributed by atoms with Gasteiger partial charge in [0.15, 0.2) is 5.78 Å². The van der Waals surface area contributed by atoms with Crippen LogP contribution in [0.15, 0.2) is 65.8 Å². The van der Waals surface area contributed by atoms with E-state index in [2.05, 4.69) is 15.6 Å². The van der Waals surface area contributed by atoms with Gasteiger partial charge < -0.3 is 10.3 Å². The number of hydrogen-bond donors (Lipinski definition) is 1. The molecule has 0 radical (unpaired) electrons. The Morgan fingerprint density at radius 2 is 1.83 bits per heavy atom. The van der Waals surface area contributed by atoms with E-state index in [0.29, 0.717) is 23.4 Å². The molecule has 0 aliphatic carbocycles. The van der Waals surface area contributed by atoms with E-state index in [1.807, 2.05) is 30.5 Å². The molecule has 2 aromatic carbocycles. The molecule has 0 spiro atoms. The third kappa shape index (κ3) is 2.34. The van der Waals surface area contributed by atoms with Crippen LogP contribution in [0.5, 0.6) is 0 Å². The highest BCUT2D eigenvalue weighted by atomic mass is 16.1. The second kappa shape index (κ2) is 5.25. The van der Waals surface area contributed by atoms with Crippen LogP contribution in [0.2, 0.25) is 0 Å². The summed E-state index contributed by atoms with van der Waals surface area (Å²) in [7, 11) is 0. The van der Waals surface area contributed by atoms with Crippen molar-refractivity contribution in [1.82, 2.24) is 4.57 Å². The number of benzene rings is 2. The average Bonchev–Trinajstić information content (AvgIpc) is 2.87. The van der Waals surface area contributed by atoms with E-state index >= 15 is 0 Å². The minimum absolute atomic E-state index is 0.0174. The molecule has 0 unspecified atom stereocenters. The lowest BCUT2D eigenvalue weighted by Gasteiger charge is -2.06. The third-order valence-electron chi connectivity index (χ3n) is 4.08. The summed E-state index contributed by atoms with van der Waals surface area (Å²) in [5, 5.41) is 0. The van der Waals surface area contributed by atoms with Gasteiger partial charge >= 0.3 is 0 Å². The molecule has 0 saturated heterocycles. The number of carbonyl (C=O) groups excluding carboxylic acids is 1. The Bertz CT molecular complexity index is 920. The average molecular weight is 301 g/mol. The Balaban J connectivity index is 1.76. The Kier molecular flexibility index (Phi) is 3.08. The number of rotatable bonds is 2. The van der Waals surface area contributed by atoms with Crippen molar-refractivity contribution >= 4 is 23.4 Å². The van der Waals surface area contributed by atoms with Crippen LogP contribution >= 0.6 is 0 Å². The molecule has 0 atom stereocenters. The van der Waals surface area contributed by atoms with Gasteiger partial charge in [0.05, 0.1) is 17.6 Å². The van der Waals surface area contributed by atoms with Crippen molar-refractivity contribution in [2.45, 2.75) is 6.54 Å². The monoisotopic (exact) mass is 301 g/mol. The number of nitrogen functional groups attached to an aromatic ring is 1. The minimum atomic E-state index is -0.0174. The summed E-state index contributed by atoms with van der Waals surface area (Å²) in [6, 6.07) is 16.9. The highest BCUT2D eigenvalue weighted by Crippen LogP contribution is 2.25. The number of aliphatic imine (C=N–C) groups is 1. The van der Waals surface area contributed by atoms with E-state index in [9.17, 15) is 4.79 Å². The first-order valence-corrected chi connectivity index (χ1v) is 7.44. The van der Waals surface area contributed by atoms with Crippen molar-refractivity contribution < 1.29 is 4.79 Å². The van der Waals surface area contributed by atoms with Crippen molar-refractivity contribution in [3.8, 4) is 0 Å². The molecule has 4 rings (SSSR count). The summed E-state index contributed by atoms with van der Waals surface area (Å²) in [4.78, 5) is 17.3. The van der Waals surface area contributed by atoms with Crippen LogP contribution < -0.4 is 5.73 Å². The molecule has 2 N–H and O–H groups in total.